The lowest BCUT2D eigenvalue weighted by Gasteiger charge is -2.11. The van der Waals surface area contributed by atoms with Gasteiger partial charge in [0.15, 0.2) is 5.65 Å². The Hall–Kier alpha value is -4.61. The van der Waals surface area contributed by atoms with Crippen LogP contribution >= 0.6 is 15.9 Å². The van der Waals surface area contributed by atoms with E-state index in [1.165, 1.54) is 10.8 Å². The number of benzene rings is 4. The summed E-state index contributed by atoms with van der Waals surface area (Å²) in [5, 5.41) is 2.42. The molecular formula is C33H21BrN4. The van der Waals surface area contributed by atoms with E-state index in [0.29, 0.717) is 0 Å². The molecule has 0 saturated carbocycles. The maximum atomic E-state index is 5.26. The molecule has 0 atom stereocenters. The third-order valence-electron chi connectivity index (χ3n) is 6.77. The van der Waals surface area contributed by atoms with Gasteiger partial charge in [-0.1, -0.05) is 76.6 Å². The molecule has 0 aliphatic carbocycles. The molecule has 3 heterocycles. The first-order chi connectivity index (χ1) is 18.7. The summed E-state index contributed by atoms with van der Waals surface area (Å²) in [5.41, 5.74) is 7.97. The highest BCUT2D eigenvalue weighted by Gasteiger charge is 2.19. The van der Waals surface area contributed by atoms with Crippen molar-refractivity contribution >= 4 is 37.9 Å². The van der Waals surface area contributed by atoms with Crippen LogP contribution in [0.5, 0.6) is 0 Å². The van der Waals surface area contributed by atoms with Gasteiger partial charge < -0.3 is 0 Å². The molecule has 0 fully saturated rings. The van der Waals surface area contributed by atoms with Crippen molar-refractivity contribution in [2.45, 2.75) is 0 Å². The zero-order valence-electron chi connectivity index (χ0n) is 20.3. The topological polar surface area (TPSA) is 43.6 Å². The quantitative estimate of drug-likeness (QED) is 0.219. The van der Waals surface area contributed by atoms with E-state index in [-0.39, 0.29) is 0 Å². The fourth-order valence-electron chi connectivity index (χ4n) is 5.00. The van der Waals surface area contributed by atoms with Crippen LogP contribution in [0.1, 0.15) is 0 Å². The van der Waals surface area contributed by atoms with Crippen molar-refractivity contribution in [2.24, 2.45) is 0 Å². The number of hydrogen-bond acceptors (Lipinski definition) is 3. The van der Waals surface area contributed by atoms with Crippen LogP contribution < -0.4 is 0 Å². The maximum absolute atomic E-state index is 5.26. The Morgan fingerprint density at radius 3 is 2.26 bits per heavy atom. The van der Waals surface area contributed by atoms with Gasteiger partial charge in [0, 0.05) is 45.4 Å². The van der Waals surface area contributed by atoms with Gasteiger partial charge in [0.25, 0.3) is 0 Å². The number of fused-ring (bicyclic) bond motifs is 2. The summed E-state index contributed by atoms with van der Waals surface area (Å²) in [6, 6.07) is 37.7. The van der Waals surface area contributed by atoms with Crippen molar-refractivity contribution in [3.8, 4) is 39.3 Å². The summed E-state index contributed by atoms with van der Waals surface area (Å²) < 4.78 is 3.12. The van der Waals surface area contributed by atoms with Gasteiger partial charge in [-0.25, -0.2) is 9.97 Å². The lowest BCUT2D eigenvalue weighted by Crippen LogP contribution is -1.99. The number of para-hydroxylation sites is 1. The summed E-state index contributed by atoms with van der Waals surface area (Å²) in [6.45, 7) is 0. The number of imidazole rings is 1. The maximum Gasteiger partial charge on any atom is 0.165 e. The van der Waals surface area contributed by atoms with Crippen LogP contribution in [0.15, 0.2) is 132 Å². The fourth-order valence-corrected chi connectivity index (χ4v) is 5.49. The van der Waals surface area contributed by atoms with E-state index in [1.807, 2.05) is 36.7 Å². The van der Waals surface area contributed by atoms with Crippen molar-refractivity contribution in [3.63, 3.8) is 0 Å². The van der Waals surface area contributed by atoms with E-state index in [2.05, 4.69) is 110 Å². The Balaban J connectivity index is 1.50. The van der Waals surface area contributed by atoms with Crippen molar-refractivity contribution in [1.82, 2.24) is 19.5 Å². The Kier molecular flexibility index (Phi) is 5.56. The summed E-state index contributed by atoms with van der Waals surface area (Å²) in [4.78, 5) is 14.4. The van der Waals surface area contributed by atoms with Gasteiger partial charge in [0.05, 0.1) is 0 Å². The largest absolute Gasteiger partial charge is 0.277 e. The van der Waals surface area contributed by atoms with Crippen molar-refractivity contribution in [3.05, 3.63) is 132 Å². The monoisotopic (exact) mass is 552 g/mol. The number of halogens is 1. The third-order valence-corrected chi connectivity index (χ3v) is 7.23. The summed E-state index contributed by atoms with van der Waals surface area (Å²) >= 11 is 3.73. The summed E-state index contributed by atoms with van der Waals surface area (Å²) in [7, 11) is 0. The second-order valence-electron chi connectivity index (χ2n) is 9.17. The lowest BCUT2D eigenvalue weighted by atomic mass is 10.0. The molecule has 7 rings (SSSR count). The molecule has 5 heteroatoms. The molecule has 180 valence electrons. The normalized spacial score (nSPS) is 11.3. The predicted octanol–water partition coefficient (Wildman–Crippen LogP) is 8.73. The molecule has 0 bridgehead atoms. The molecule has 7 aromatic rings. The van der Waals surface area contributed by atoms with E-state index in [0.717, 1.165) is 55.0 Å². The lowest BCUT2D eigenvalue weighted by molar-refractivity contribution is 1.08. The van der Waals surface area contributed by atoms with Crippen LogP contribution in [0.25, 0.3) is 61.3 Å². The molecule has 0 N–H and O–H groups in total. The Morgan fingerprint density at radius 1 is 0.605 bits per heavy atom. The summed E-state index contributed by atoms with van der Waals surface area (Å²) in [5.74, 6) is 0.832. The molecule has 0 amide bonds. The van der Waals surface area contributed by atoms with Crippen LogP contribution in [-0.2, 0) is 0 Å². The SMILES string of the molecule is Brc1cc(-c2cccnc2)cc(-c2nc3c(-c4ccc5ccccc5c4)ccnc3n2-c2ccccc2)c1. The first-order valence-electron chi connectivity index (χ1n) is 12.4. The van der Waals surface area contributed by atoms with Gasteiger partial charge in [0.1, 0.15) is 11.3 Å². The molecule has 3 aromatic heterocycles. The van der Waals surface area contributed by atoms with E-state index in [9.17, 15) is 0 Å². The Bertz CT molecular complexity index is 1930. The van der Waals surface area contributed by atoms with Crippen LogP contribution in [0.2, 0.25) is 0 Å². The molecule has 0 spiro atoms. The zero-order chi connectivity index (χ0) is 25.5. The molecule has 4 aromatic carbocycles. The van der Waals surface area contributed by atoms with Crippen molar-refractivity contribution in [2.75, 3.05) is 0 Å². The Morgan fingerprint density at radius 2 is 1.42 bits per heavy atom. The standard InChI is InChI=1S/C33H21BrN4/c34-28-19-26(25-9-6-15-35-21-25)18-27(20-28)32-37-31-30(24-13-12-22-7-4-5-8-23(22)17-24)14-16-36-33(31)38(32)29-10-2-1-3-11-29/h1-21H. The molecule has 0 aliphatic rings. The second kappa shape index (κ2) is 9.36. The van der Waals surface area contributed by atoms with E-state index < -0.39 is 0 Å². The zero-order valence-corrected chi connectivity index (χ0v) is 21.9. The molecular weight excluding hydrogens is 532 g/mol. The Labute approximate surface area is 228 Å². The van der Waals surface area contributed by atoms with E-state index >= 15 is 0 Å². The molecule has 38 heavy (non-hydrogen) atoms. The smallest absolute Gasteiger partial charge is 0.165 e. The molecule has 0 saturated heterocycles. The van der Waals surface area contributed by atoms with Crippen molar-refractivity contribution < 1.29 is 0 Å². The molecule has 0 aliphatic heterocycles. The average Bonchev–Trinajstić information content (AvgIpc) is 3.37. The van der Waals surface area contributed by atoms with Gasteiger partial charge in [0.2, 0.25) is 0 Å². The van der Waals surface area contributed by atoms with Crippen LogP contribution in [0, 0.1) is 0 Å². The number of nitrogens with zero attached hydrogens (tertiary/aromatic N) is 4. The number of hydrogen-bond donors (Lipinski definition) is 0. The van der Waals surface area contributed by atoms with Gasteiger partial charge in [-0.2, -0.15) is 0 Å². The highest BCUT2D eigenvalue weighted by molar-refractivity contribution is 9.10. The summed E-state index contributed by atoms with van der Waals surface area (Å²) in [6.07, 6.45) is 5.54. The first kappa shape index (κ1) is 22.6. The van der Waals surface area contributed by atoms with E-state index in [4.69, 9.17) is 9.97 Å². The van der Waals surface area contributed by atoms with Crippen LogP contribution in [0.3, 0.4) is 0 Å². The first-order valence-corrected chi connectivity index (χ1v) is 13.2. The number of rotatable bonds is 4. The molecule has 0 unspecified atom stereocenters. The minimum Gasteiger partial charge on any atom is -0.277 e. The van der Waals surface area contributed by atoms with Crippen LogP contribution in [-0.4, -0.2) is 19.5 Å². The van der Waals surface area contributed by atoms with Crippen LogP contribution in [0.4, 0.5) is 0 Å². The predicted molar refractivity (Wildman–Crippen MR) is 158 cm³/mol. The number of pyridine rings is 2. The third kappa shape index (κ3) is 3.98. The highest BCUT2D eigenvalue weighted by atomic mass is 79.9. The van der Waals surface area contributed by atoms with Gasteiger partial charge in [-0.15, -0.1) is 0 Å². The second-order valence-corrected chi connectivity index (χ2v) is 10.1. The molecule has 0 radical (unpaired) electrons. The van der Waals surface area contributed by atoms with Crippen molar-refractivity contribution in [1.29, 1.82) is 0 Å². The van der Waals surface area contributed by atoms with Gasteiger partial charge in [-0.3, -0.25) is 9.55 Å². The van der Waals surface area contributed by atoms with E-state index in [1.54, 1.807) is 6.20 Å². The average molecular weight is 553 g/mol. The van der Waals surface area contributed by atoms with Gasteiger partial charge in [-0.05, 0) is 70.4 Å². The molecule has 4 nitrogen and oxygen atoms in total. The number of aromatic nitrogens is 4. The minimum atomic E-state index is 0.819. The minimum absolute atomic E-state index is 0.819. The fraction of sp³-hybridized carbons (Fsp3) is 0. The highest BCUT2D eigenvalue weighted by Crippen LogP contribution is 2.36. The van der Waals surface area contributed by atoms with Gasteiger partial charge >= 0.3 is 0 Å².